The standard InChI is InChI=1S/C14H20N2O2/c1-4-18-12-7-5-6-11(13(12)17)8-16-10-14(2,3)9-15/h5-7,16-17H,4,8,10H2,1-3H3. The van der Waals surface area contributed by atoms with Crippen molar-refractivity contribution in [2.45, 2.75) is 27.3 Å². The van der Waals surface area contributed by atoms with Gasteiger partial charge in [-0.2, -0.15) is 5.26 Å². The Bertz CT molecular complexity index is 436. The molecule has 18 heavy (non-hydrogen) atoms. The molecule has 1 aromatic rings. The average Bonchev–Trinajstić information content (AvgIpc) is 2.34. The summed E-state index contributed by atoms with van der Waals surface area (Å²) < 4.78 is 5.32. The second-order valence-corrected chi connectivity index (χ2v) is 4.80. The first kappa shape index (κ1) is 14.3. The van der Waals surface area contributed by atoms with E-state index in [9.17, 15) is 5.11 Å². The van der Waals surface area contributed by atoms with Crippen LogP contribution in [0.2, 0.25) is 0 Å². The fourth-order valence-corrected chi connectivity index (χ4v) is 1.53. The molecule has 98 valence electrons. The van der Waals surface area contributed by atoms with Crippen molar-refractivity contribution in [1.29, 1.82) is 5.26 Å². The van der Waals surface area contributed by atoms with E-state index < -0.39 is 5.41 Å². The summed E-state index contributed by atoms with van der Waals surface area (Å²) >= 11 is 0. The third kappa shape index (κ3) is 3.94. The fourth-order valence-electron chi connectivity index (χ4n) is 1.53. The molecule has 0 aliphatic rings. The van der Waals surface area contributed by atoms with Gasteiger partial charge in [0.05, 0.1) is 18.1 Å². The van der Waals surface area contributed by atoms with Crippen LogP contribution >= 0.6 is 0 Å². The number of phenols is 1. The van der Waals surface area contributed by atoms with Crippen molar-refractivity contribution in [3.63, 3.8) is 0 Å². The molecule has 0 fully saturated rings. The minimum Gasteiger partial charge on any atom is -0.504 e. The van der Waals surface area contributed by atoms with Crippen LogP contribution in [0, 0.1) is 16.7 Å². The van der Waals surface area contributed by atoms with Gasteiger partial charge in [0.25, 0.3) is 0 Å². The lowest BCUT2D eigenvalue weighted by Crippen LogP contribution is -2.27. The summed E-state index contributed by atoms with van der Waals surface area (Å²) in [6.07, 6.45) is 0. The van der Waals surface area contributed by atoms with Gasteiger partial charge in [0, 0.05) is 18.7 Å². The Morgan fingerprint density at radius 1 is 1.44 bits per heavy atom. The number of nitrogens with one attached hydrogen (secondary N) is 1. The van der Waals surface area contributed by atoms with Crippen molar-refractivity contribution >= 4 is 0 Å². The van der Waals surface area contributed by atoms with Crippen LogP contribution in [0.25, 0.3) is 0 Å². The van der Waals surface area contributed by atoms with Crippen molar-refractivity contribution in [3.05, 3.63) is 23.8 Å². The lowest BCUT2D eigenvalue weighted by Gasteiger charge is -2.16. The highest BCUT2D eigenvalue weighted by atomic mass is 16.5. The summed E-state index contributed by atoms with van der Waals surface area (Å²) in [7, 11) is 0. The summed E-state index contributed by atoms with van der Waals surface area (Å²) in [6, 6.07) is 7.64. The molecule has 0 aliphatic heterocycles. The van der Waals surface area contributed by atoms with Crippen molar-refractivity contribution < 1.29 is 9.84 Å². The molecule has 2 N–H and O–H groups in total. The molecule has 0 saturated carbocycles. The van der Waals surface area contributed by atoms with Gasteiger partial charge >= 0.3 is 0 Å². The molecular formula is C14H20N2O2. The Morgan fingerprint density at radius 3 is 2.78 bits per heavy atom. The minimum atomic E-state index is -0.410. The molecule has 0 saturated heterocycles. The van der Waals surface area contributed by atoms with E-state index in [1.54, 1.807) is 6.07 Å². The number of para-hydroxylation sites is 1. The van der Waals surface area contributed by atoms with E-state index in [0.29, 0.717) is 25.4 Å². The van der Waals surface area contributed by atoms with Gasteiger partial charge < -0.3 is 15.2 Å². The Balaban J connectivity index is 2.63. The largest absolute Gasteiger partial charge is 0.504 e. The van der Waals surface area contributed by atoms with Crippen molar-refractivity contribution in [2.24, 2.45) is 5.41 Å². The molecule has 0 amide bonds. The molecule has 0 unspecified atom stereocenters. The molecular weight excluding hydrogens is 228 g/mol. The van der Waals surface area contributed by atoms with Crippen LogP contribution in [0.3, 0.4) is 0 Å². The molecule has 4 nitrogen and oxygen atoms in total. The van der Waals surface area contributed by atoms with E-state index >= 15 is 0 Å². The molecule has 0 bridgehead atoms. The van der Waals surface area contributed by atoms with Gasteiger partial charge in [-0.15, -0.1) is 0 Å². The van der Waals surface area contributed by atoms with Crippen LogP contribution in [0.4, 0.5) is 0 Å². The number of rotatable bonds is 6. The number of benzene rings is 1. The summed E-state index contributed by atoms with van der Waals surface area (Å²) in [5.74, 6) is 0.665. The van der Waals surface area contributed by atoms with E-state index in [0.717, 1.165) is 5.56 Å². The Morgan fingerprint density at radius 2 is 2.17 bits per heavy atom. The maximum atomic E-state index is 9.98. The molecule has 1 rings (SSSR count). The monoisotopic (exact) mass is 248 g/mol. The maximum absolute atomic E-state index is 9.98. The number of nitriles is 1. The van der Waals surface area contributed by atoms with Gasteiger partial charge in [-0.25, -0.2) is 0 Å². The summed E-state index contributed by atoms with van der Waals surface area (Å²) in [6.45, 7) is 7.22. The molecule has 0 heterocycles. The fraction of sp³-hybridized carbons (Fsp3) is 0.500. The highest BCUT2D eigenvalue weighted by Crippen LogP contribution is 2.29. The van der Waals surface area contributed by atoms with Gasteiger partial charge in [-0.3, -0.25) is 0 Å². The summed E-state index contributed by atoms with van der Waals surface area (Å²) in [5, 5.41) is 22.0. The summed E-state index contributed by atoms with van der Waals surface area (Å²) in [5.41, 5.74) is 0.363. The lowest BCUT2D eigenvalue weighted by molar-refractivity contribution is 0.316. The second kappa shape index (κ2) is 6.27. The second-order valence-electron chi connectivity index (χ2n) is 4.80. The van der Waals surface area contributed by atoms with Gasteiger partial charge in [0.15, 0.2) is 11.5 Å². The van der Waals surface area contributed by atoms with Crippen LogP contribution in [-0.2, 0) is 6.54 Å². The lowest BCUT2D eigenvalue weighted by atomic mass is 9.96. The Labute approximate surface area is 108 Å². The van der Waals surface area contributed by atoms with Crippen molar-refractivity contribution in [3.8, 4) is 17.6 Å². The first-order valence-corrected chi connectivity index (χ1v) is 6.06. The SMILES string of the molecule is CCOc1cccc(CNCC(C)(C)C#N)c1O. The van der Waals surface area contributed by atoms with Gasteiger partial charge in [-0.05, 0) is 26.8 Å². The highest BCUT2D eigenvalue weighted by Gasteiger charge is 2.16. The van der Waals surface area contributed by atoms with E-state index in [-0.39, 0.29) is 5.75 Å². The van der Waals surface area contributed by atoms with Crippen LogP contribution < -0.4 is 10.1 Å². The predicted molar refractivity (Wildman–Crippen MR) is 70.4 cm³/mol. The van der Waals surface area contributed by atoms with Crippen LogP contribution in [-0.4, -0.2) is 18.3 Å². The Hall–Kier alpha value is -1.73. The average molecular weight is 248 g/mol. The third-order valence-corrected chi connectivity index (χ3v) is 2.57. The molecule has 0 aliphatic carbocycles. The zero-order valence-electron chi connectivity index (χ0n) is 11.2. The maximum Gasteiger partial charge on any atom is 0.162 e. The number of ether oxygens (including phenoxy) is 1. The first-order valence-electron chi connectivity index (χ1n) is 6.06. The van der Waals surface area contributed by atoms with E-state index in [2.05, 4.69) is 11.4 Å². The van der Waals surface area contributed by atoms with Crippen molar-refractivity contribution in [1.82, 2.24) is 5.32 Å². The van der Waals surface area contributed by atoms with Gasteiger partial charge in [0.1, 0.15) is 0 Å². The van der Waals surface area contributed by atoms with E-state index in [4.69, 9.17) is 10.00 Å². The quantitative estimate of drug-likeness (QED) is 0.811. The zero-order valence-corrected chi connectivity index (χ0v) is 11.2. The number of phenolic OH excluding ortho intramolecular Hbond substituents is 1. The molecule has 0 aromatic heterocycles. The number of hydrogen-bond donors (Lipinski definition) is 2. The molecule has 0 spiro atoms. The van der Waals surface area contributed by atoms with Gasteiger partial charge in [0.2, 0.25) is 0 Å². The summed E-state index contributed by atoms with van der Waals surface area (Å²) in [4.78, 5) is 0. The molecule has 1 aromatic carbocycles. The van der Waals surface area contributed by atoms with Gasteiger partial charge in [-0.1, -0.05) is 12.1 Å². The number of nitrogens with zero attached hydrogens (tertiary/aromatic N) is 1. The molecule has 0 atom stereocenters. The smallest absolute Gasteiger partial charge is 0.162 e. The Kier molecular flexibility index (Phi) is 4.99. The molecule has 4 heteroatoms. The van der Waals surface area contributed by atoms with E-state index in [1.165, 1.54) is 0 Å². The van der Waals surface area contributed by atoms with Crippen LogP contribution in [0.15, 0.2) is 18.2 Å². The topological polar surface area (TPSA) is 65.3 Å². The van der Waals surface area contributed by atoms with Crippen LogP contribution in [0.1, 0.15) is 26.3 Å². The normalized spacial score (nSPS) is 11.0. The third-order valence-electron chi connectivity index (χ3n) is 2.57. The van der Waals surface area contributed by atoms with Crippen molar-refractivity contribution in [2.75, 3.05) is 13.2 Å². The first-order chi connectivity index (χ1) is 8.50. The number of aromatic hydroxyl groups is 1. The minimum absolute atomic E-state index is 0.168. The zero-order chi connectivity index (χ0) is 13.6. The number of hydrogen-bond acceptors (Lipinski definition) is 4. The highest BCUT2D eigenvalue weighted by molar-refractivity contribution is 5.45. The molecule has 0 radical (unpaired) electrons. The predicted octanol–water partition coefficient (Wildman–Crippen LogP) is 2.43. The van der Waals surface area contributed by atoms with Crippen LogP contribution in [0.5, 0.6) is 11.5 Å². The van der Waals surface area contributed by atoms with E-state index in [1.807, 2.05) is 32.9 Å².